The molecule has 0 spiro atoms. The van der Waals surface area contributed by atoms with Crippen LogP contribution in [0.3, 0.4) is 0 Å². The molecule has 0 unspecified atom stereocenters. The largest absolute Gasteiger partial charge is 0.493 e. The number of carbonyl (C=O) groups excluding carboxylic acids is 8. The zero-order chi connectivity index (χ0) is 64.0. The smallest absolute Gasteiger partial charge is 0.256 e. The lowest BCUT2D eigenvalue weighted by molar-refractivity contribution is -0.131. The molecule has 2 aromatic carbocycles. The molecule has 0 aliphatic carbocycles. The van der Waals surface area contributed by atoms with Crippen LogP contribution in [0.2, 0.25) is 0 Å². The third-order valence-corrected chi connectivity index (χ3v) is 15.2. The zero-order valence-electron chi connectivity index (χ0n) is 51.7. The molecule has 9 N–H and O–H groups in total. The van der Waals surface area contributed by atoms with Gasteiger partial charge in [-0.15, -0.1) is 0 Å². The van der Waals surface area contributed by atoms with Gasteiger partial charge in [0.15, 0.2) is 29.2 Å². The lowest BCUT2D eigenvalue weighted by Crippen LogP contribution is -2.55. The van der Waals surface area contributed by atoms with Gasteiger partial charge in [-0.05, 0) is 56.1 Å². The number of nitrogens with zero attached hydrogens (tertiary/aromatic N) is 4. The third kappa shape index (κ3) is 18.8. The van der Waals surface area contributed by atoms with E-state index in [1.165, 1.54) is 36.2 Å². The number of nitrogens with one attached hydrogen (secondary N) is 4. The Morgan fingerprint density at radius 3 is 1.55 bits per heavy atom. The van der Waals surface area contributed by atoms with Crippen LogP contribution in [-0.4, -0.2) is 219 Å². The van der Waals surface area contributed by atoms with Crippen molar-refractivity contribution in [1.82, 2.24) is 31.1 Å². The van der Waals surface area contributed by atoms with E-state index in [4.69, 9.17) is 49.4 Å². The van der Waals surface area contributed by atoms with Crippen LogP contribution in [0.15, 0.2) is 48.6 Å². The van der Waals surface area contributed by atoms with E-state index in [1.54, 1.807) is 44.7 Å². The summed E-state index contributed by atoms with van der Waals surface area (Å²) < 4.78 is 45.4. The second kappa shape index (κ2) is 34.4. The number of aliphatic hydroxyl groups excluding tert-OH is 1. The minimum absolute atomic E-state index is 0.00689. The zero-order valence-corrected chi connectivity index (χ0v) is 51.7. The van der Waals surface area contributed by atoms with Gasteiger partial charge in [0, 0.05) is 57.7 Å². The maximum Gasteiger partial charge on any atom is 0.256 e. The van der Waals surface area contributed by atoms with Crippen molar-refractivity contribution < 1.29 is 81.4 Å². The number of hydrogen-bond acceptors (Lipinski definition) is 19. The Hall–Kier alpha value is -7.40. The first-order valence-electron chi connectivity index (χ1n) is 30.0. The molecule has 27 nitrogen and oxygen atoms in total. The predicted octanol–water partition coefficient (Wildman–Crippen LogP) is 1.16. The molecule has 2 aromatic rings. The first-order valence-corrected chi connectivity index (χ1v) is 30.0. The maximum atomic E-state index is 14.3. The van der Waals surface area contributed by atoms with Gasteiger partial charge in [-0.2, -0.15) is 0 Å². The van der Waals surface area contributed by atoms with E-state index in [9.17, 15) is 43.5 Å². The topological polar surface area (TPSA) is 344 Å². The molecule has 4 aliphatic heterocycles. The molecule has 8 amide bonds. The second-order valence-corrected chi connectivity index (χ2v) is 22.5. The summed E-state index contributed by atoms with van der Waals surface area (Å²) in [6.07, 6.45) is 0.717. The van der Waals surface area contributed by atoms with Gasteiger partial charge < -0.3 is 90.4 Å². The van der Waals surface area contributed by atoms with Crippen LogP contribution in [0.25, 0.3) is 0 Å². The van der Waals surface area contributed by atoms with Crippen LogP contribution in [-0.2, 0) is 47.7 Å². The number of benzene rings is 2. The Bertz CT molecular complexity index is 2800. The van der Waals surface area contributed by atoms with Crippen molar-refractivity contribution in [2.45, 2.75) is 103 Å². The highest BCUT2D eigenvalue weighted by atomic mass is 16.5. The number of ether oxygens (including phenoxy) is 8. The number of unbranched alkanes of at least 4 members (excludes halogenated alkanes) is 2. The number of methoxy groups -OCH3 is 2. The van der Waals surface area contributed by atoms with Crippen molar-refractivity contribution >= 4 is 58.6 Å². The number of aliphatic hydroxyl groups is 1. The standard InChI is InChI=1S/C61H90N10O17/c1-37(2)55(66-51(72)12-18-83-22-24-85-20-14-62)57(76)64-32-53(74)69-36-41-26-39(5)34-68(41)59(78)42-28-47(81-7)49(30-44(42)69)87-16-10-9-11-17-88-50-31-45-43(29-48(50)82-8)60(79)70-35-40(6)27-46(70)61(80)71(45)54(75)33-65-58(77)56(38(3)4)67-52(73)13-19-84-23-25-86-21-15-63/h28-31,37-38,41,46,55-56,61,80H,5-6,9-27,32-36,62-63H2,1-4,7-8H3,(H,64,76)(H,65,77)(H,66,72)(H,67,73)/t41-,46-,55-,56-,61-/m0/s1. The summed E-state index contributed by atoms with van der Waals surface area (Å²) in [5.74, 6) is -3.84. The van der Waals surface area contributed by atoms with Gasteiger partial charge in [0.2, 0.25) is 35.4 Å². The highest BCUT2D eigenvalue weighted by Crippen LogP contribution is 2.43. The van der Waals surface area contributed by atoms with Gasteiger partial charge in [0.1, 0.15) is 12.1 Å². The molecular formula is C61H90N10O17. The quantitative estimate of drug-likeness (QED) is 0.0372. The van der Waals surface area contributed by atoms with Gasteiger partial charge in [0.05, 0.1) is 128 Å². The lowest BCUT2D eigenvalue weighted by atomic mass is 10.0. The molecule has 0 saturated carbocycles. The van der Waals surface area contributed by atoms with Crippen LogP contribution in [0, 0.1) is 11.8 Å². The molecule has 4 aliphatic rings. The molecule has 27 heteroatoms. The van der Waals surface area contributed by atoms with E-state index in [2.05, 4.69) is 34.4 Å². The number of nitrogens with two attached hydrogens (primary N) is 2. The molecular weight excluding hydrogens is 1140 g/mol. The maximum absolute atomic E-state index is 14.3. The molecule has 2 fully saturated rings. The fourth-order valence-electron chi connectivity index (χ4n) is 10.6. The first-order chi connectivity index (χ1) is 42.2. The van der Waals surface area contributed by atoms with Gasteiger partial charge >= 0.3 is 0 Å². The van der Waals surface area contributed by atoms with Crippen molar-refractivity contribution in [2.75, 3.05) is 136 Å². The summed E-state index contributed by atoms with van der Waals surface area (Å²) in [4.78, 5) is 116. The monoisotopic (exact) mass is 1230 g/mol. The fourth-order valence-corrected chi connectivity index (χ4v) is 10.6. The lowest BCUT2D eigenvalue weighted by Gasteiger charge is -2.32. The van der Waals surface area contributed by atoms with Crippen LogP contribution in [0.1, 0.15) is 93.4 Å². The summed E-state index contributed by atoms with van der Waals surface area (Å²) in [5, 5.41) is 22.7. The van der Waals surface area contributed by atoms with E-state index in [1.807, 2.05) is 0 Å². The Morgan fingerprint density at radius 1 is 0.591 bits per heavy atom. The van der Waals surface area contributed by atoms with E-state index >= 15 is 0 Å². The molecule has 0 bridgehead atoms. The van der Waals surface area contributed by atoms with E-state index in [0.717, 1.165) is 10.5 Å². The van der Waals surface area contributed by atoms with Gasteiger partial charge in [0.25, 0.3) is 11.8 Å². The summed E-state index contributed by atoms with van der Waals surface area (Å²) in [6, 6.07) is 2.86. The molecule has 6 rings (SSSR count). The Morgan fingerprint density at radius 2 is 1.05 bits per heavy atom. The number of carbonyl (C=O) groups is 8. The Labute approximate surface area is 514 Å². The minimum Gasteiger partial charge on any atom is -0.493 e. The van der Waals surface area contributed by atoms with Gasteiger partial charge in [-0.25, -0.2) is 0 Å². The summed E-state index contributed by atoms with van der Waals surface area (Å²) in [5.41, 5.74) is 12.9. The average Bonchev–Trinajstić information content (AvgIpc) is 1.97. The van der Waals surface area contributed by atoms with E-state index in [-0.39, 0.29) is 141 Å². The predicted molar refractivity (Wildman–Crippen MR) is 324 cm³/mol. The normalized spacial score (nSPS) is 17.8. The van der Waals surface area contributed by atoms with Crippen molar-refractivity contribution in [3.8, 4) is 23.0 Å². The van der Waals surface area contributed by atoms with Crippen molar-refractivity contribution in [2.24, 2.45) is 23.3 Å². The molecule has 4 heterocycles. The molecule has 88 heavy (non-hydrogen) atoms. The Balaban J connectivity index is 1.08. The number of amides is 8. The van der Waals surface area contributed by atoms with Crippen LogP contribution in [0.5, 0.6) is 23.0 Å². The number of fused-ring (bicyclic) bond motifs is 4. The number of rotatable bonds is 36. The van der Waals surface area contributed by atoms with Crippen LogP contribution < -0.4 is 61.5 Å². The summed E-state index contributed by atoms with van der Waals surface area (Å²) >= 11 is 0. The number of anilines is 2. The minimum atomic E-state index is -1.55. The van der Waals surface area contributed by atoms with E-state index in [0.29, 0.717) is 77.3 Å². The highest BCUT2D eigenvalue weighted by molar-refractivity contribution is 6.09. The molecule has 486 valence electrons. The number of hydrogen-bond donors (Lipinski definition) is 7. The molecule has 0 aromatic heterocycles. The fraction of sp³-hybridized carbons (Fsp3) is 0.607. The second-order valence-electron chi connectivity index (χ2n) is 22.5. The first kappa shape index (κ1) is 69.7. The Kier molecular flexibility index (Phi) is 27.2. The van der Waals surface area contributed by atoms with Crippen LogP contribution in [0.4, 0.5) is 11.4 Å². The average molecular weight is 1240 g/mol. The van der Waals surface area contributed by atoms with Gasteiger partial charge in [-0.1, -0.05) is 52.0 Å². The third-order valence-electron chi connectivity index (χ3n) is 15.2. The van der Waals surface area contributed by atoms with Crippen molar-refractivity contribution in [3.05, 3.63) is 59.7 Å². The van der Waals surface area contributed by atoms with Gasteiger partial charge in [-0.3, -0.25) is 43.3 Å². The van der Waals surface area contributed by atoms with E-state index < -0.39 is 78.8 Å². The SMILES string of the molecule is C=C1C[C@H]2CN(C(=O)CNC(=O)[C@@H](NC(=O)CCOCCOCCN)C(C)C)c3cc(OCCCCCOc4cc5c(cc4OC)C(=O)N4CC(=C)C[C@H]4[C@H](O)N5C(=O)CNC(=O)[C@@H](NC(=O)CCOCCOCCN)C(C)C)c(OC)cc3C(=O)N2C1. The summed E-state index contributed by atoms with van der Waals surface area (Å²) in [7, 11) is 2.86. The molecule has 2 saturated heterocycles. The highest BCUT2D eigenvalue weighted by Gasteiger charge is 2.46. The van der Waals surface area contributed by atoms with Crippen molar-refractivity contribution in [3.63, 3.8) is 0 Å². The summed E-state index contributed by atoms with van der Waals surface area (Å²) in [6.45, 7) is 18.0. The molecule has 0 radical (unpaired) electrons. The van der Waals surface area contributed by atoms with Crippen molar-refractivity contribution in [1.29, 1.82) is 0 Å². The van der Waals surface area contributed by atoms with Crippen LogP contribution >= 0.6 is 0 Å². The molecule has 5 atom stereocenters.